The smallest absolute Gasteiger partial charge is 0.462 e. The summed E-state index contributed by atoms with van der Waals surface area (Å²) >= 11 is 0. The monoisotopic (exact) mass is 801 g/mol. The number of esters is 2. The molecule has 0 heterocycles. The van der Waals surface area contributed by atoms with Gasteiger partial charge in [0.1, 0.15) is 6.61 Å². The summed E-state index contributed by atoms with van der Waals surface area (Å²) < 4.78 is 32.5. The van der Waals surface area contributed by atoms with Crippen LogP contribution in [0.3, 0.4) is 0 Å². The Balaban J connectivity index is 4.49. The van der Waals surface area contributed by atoms with Crippen molar-refractivity contribution < 1.29 is 42.7 Å². The summed E-state index contributed by atoms with van der Waals surface area (Å²) in [5.74, 6) is -1.15. The third kappa shape index (κ3) is 38.9. The molecule has 0 saturated heterocycles. The van der Waals surface area contributed by atoms with Crippen LogP contribution in [0.2, 0.25) is 0 Å². The minimum absolute atomic E-state index is 0.00822. The third-order valence-corrected chi connectivity index (χ3v) is 8.76. The molecular formula is C45H72NO9P. The van der Waals surface area contributed by atoms with Gasteiger partial charge >= 0.3 is 19.8 Å². The Morgan fingerprint density at radius 3 is 1.71 bits per heavy atom. The predicted molar refractivity (Wildman–Crippen MR) is 230 cm³/mol. The van der Waals surface area contributed by atoms with Crippen molar-refractivity contribution in [3.63, 3.8) is 0 Å². The first-order valence-corrected chi connectivity index (χ1v) is 22.0. The maximum absolute atomic E-state index is 12.6. The minimum Gasteiger partial charge on any atom is -0.462 e. The predicted octanol–water partition coefficient (Wildman–Crippen LogP) is 10.6. The summed E-state index contributed by atoms with van der Waals surface area (Å²) in [4.78, 5) is 34.8. The average molecular weight is 802 g/mol. The lowest BCUT2D eigenvalue weighted by Gasteiger charge is -2.20. The fourth-order valence-electron chi connectivity index (χ4n) is 4.76. The number of hydrogen-bond acceptors (Lipinski definition) is 9. The zero-order valence-corrected chi connectivity index (χ0v) is 35.1. The van der Waals surface area contributed by atoms with Crippen LogP contribution in [-0.4, -0.2) is 60.5 Å². The SMILES string of the molecule is CC/C=C\C/C=C\C/C=C\C/C=C\C/C=C\C=C/C(O)CCC(=O)O[C@H](COC(=O)CCCCCCC/C=C\C/C=C\C/C=C\CC)COP(=O)(O)OCCN. The van der Waals surface area contributed by atoms with Gasteiger partial charge in [0.05, 0.1) is 19.3 Å². The summed E-state index contributed by atoms with van der Waals surface area (Å²) in [6.45, 7) is 3.17. The molecule has 56 heavy (non-hydrogen) atoms. The number of aliphatic hydroxyl groups excluding tert-OH is 1. The molecule has 0 aromatic heterocycles. The molecule has 0 aliphatic rings. The van der Waals surface area contributed by atoms with E-state index in [4.69, 9.17) is 24.3 Å². The standard InChI is InChI=1S/C45H72NO9P/c1-3-5-7-9-11-13-15-17-19-21-22-24-26-28-30-32-34-42(47)36-37-45(49)55-43(41-54-56(50,51)53-39-38-46)40-52-44(48)35-33-31-29-27-25-23-20-18-16-14-12-10-8-6-4-2/h5-8,11-14,17-20,22,24,28,30,32,34,42-43,47H,3-4,9-10,15-16,21,23,25-27,29,31,33,35-41,46H2,1-2H3,(H,50,51)/b7-5-,8-6-,13-11-,14-12-,19-17-,20-18-,24-22-,30-28-,34-32-/t42?,43-/m1/s1. The molecular weight excluding hydrogens is 729 g/mol. The molecule has 0 spiro atoms. The van der Waals surface area contributed by atoms with Crippen molar-refractivity contribution in [3.8, 4) is 0 Å². The second-order valence-electron chi connectivity index (χ2n) is 12.9. The number of carbonyl (C=O) groups excluding carboxylic acids is 2. The molecule has 11 heteroatoms. The van der Waals surface area contributed by atoms with E-state index in [0.717, 1.165) is 83.5 Å². The van der Waals surface area contributed by atoms with Gasteiger partial charge in [-0.05, 0) is 77.0 Å². The first-order valence-electron chi connectivity index (χ1n) is 20.5. The van der Waals surface area contributed by atoms with Crippen molar-refractivity contribution in [2.24, 2.45) is 5.73 Å². The minimum atomic E-state index is -4.46. The molecule has 0 rings (SSSR count). The van der Waals surface area contributed by atoms with E-state index in [2.05, 4.69) is 98.9 Å². The molecule has 0 radical (unpaired) electrons. The molecule has 4 N–H and O–H groups in total. The molecule has 0 aromatic rings. The molecule has 10 nitrogen and oxygen atoms in total. The van der Waals surface area contributed by atoms with E-state index in [1.54, 1.807) is 12.2 Å². The molecule has 0 fully saturated rings. The fraction of sp³-hybridized carbons (Fsp3) is 0.556. The number of hydrogen-bond donors (Lipinski definition) is 3. The van der Waals surface area contributed by atoms with E-state index in [9.17, 15) is 24.2 Å². The maximum atomic E-state index is 12.6. The summed E-state index contributed by atoms with van der Waals surface area (Å²) in [7, 11) is -4.46. The Kier molecular flexibility index (Phi) is 37.5. The van der Waals surface area contributed by atoms with Gasteiger partial charge in [-0.15, -0.1) is 0 Å². The largest absolute Gasteiger partial charge is 0.472 e. The van der Waals surface area contributed by atoms with Gasteiger partial charge in [0.2, 0.25) is 0 Å². The van der Waals surface area contributed by atoms with Crippen LogP contribution in [0.4, 0.5) is 0 Å². The Bertz CT molecular complexity index is 1300. The van der Waals surface area contributed by atoms with Crippen LogP contribution in [0.1, 0.15) is 123 Å². The summed E-state index contributed by atoms with van der Waals surface area (Å²) in [6.07, 6.45) is 48.8. The highest BCUT2D eigenvalue weighted by molar-refractivity contribution is 7.47. The molecule has 2 unspecified atom stereocenters. The third-order valence-electron chi connectivity index (χ3n) is 7.77. The van der Waals surface area contributed by atoms with Gasteiger partial charge in [-0.3, -0.25) is 18.6 Å². The first-order chi connectivity index (χ1) is 27.2. The Hall–Kier alpha value is -3.37. The molecule has 0 amide bonds. The van der Waals surface area contributed by atoms with Crippen LogP contribution in [0.15, 0.2) is 109 Å². The van der Waals surface area contributed by atoms with Crippen molar-refractivity contribution in [2.45, 2.75) is 135 Å². The van der Waals surface area contributed by atoms with Crippen molar-refractivity contribution in [1.29, 1.82) is 0 Å². The van der Waals surface area contributed by atoms with Gasteiger partial charge < -0.3 is 25.2 Å². The van der Waals surface area contributed by atoms with Gasteiger partial charge in [0.25, 0.3) is 0 Å². The summed E-state index contributed by atoms with van der Waals surface area (Å²) in [6, 6.07) is 0. The number of allylic oxidation sites excluding steroid dienone is 17. The zero-order chi connectivity index (χ0) is 41.2. The first kappa shape index (κ1) is 52.6. The number of nitrogens with two attached hydrogens (primary N) is 1. The quantitative estimate of drug-likeness (QED) is 0.0183. The average Bonchev–Trinajstić information content (AvgIpc) is 3.18. The second kappa shape index (κ2) is 39.8. The molecule has 0 aromatic carbocycles. The van der Waals surface area contributed by atoms with Crippen LogP contribution >= 0.6 is 7.82 Å². The molecule has 316 valence electrons. The van der Waals surface area contributed by atoms with Crippen LogP contribution in [0.25, 0.3) is 0 Å². The number of rotatable bonds is 36. The van der Waals surface area contributed by atoms with Crippen molar-refractivity contribution in [3.05, 3.63) is 109 Å². The van der Waals surface area contributed by atoms with E-state index >= 15 is 0 Å². The van der Waals surface area contributed by atoms with Crippen molar-refractivity contribution in [1.82, 2.24) is 0 Å². The van der Waals surface area contributed by atoms with Crippen LogP contribution in [0, 0.1) is 0 Å². The number of ether oxygens (including phenoxy) is 2. The molecule has 3 atom stereocenters. The topological polar surface area (TPSA) is 155 Å². The fourth-order valence-corrected chi connectivity index (χ4v) is 5.52. The zero-order valence-electron chi connectivity index (χ0n) is 34.2. The van der Waals surface area contributed by atoms with E-state index < -0.39 is 38.6 Å². The number of aliphatic hydroxyl groups is 1. The Morgan fingerprint density at radius 2 is 1.14 bits per heavy atom. The van der Waals surface area contributed by atoms with Crippen LogP contribution in [0.5, 0.6) is 0 Å². The van der Waals surface area contributed by atoms with Gasteiger partial charge in [-0.2, -0.15) is 0 Å². The summed E-state index contributed by atoms with van der Waals surface area (Å²) in [5.41, 5.74) is 5.32. The van der Waals surface area contributed by atoms with E-state index in [1.807, 2.05) is 12.2 Å². The van der Waals surface area contributed by atoms with Gasteiger partial charge in [0, 0.05) is 19.4 Å². The lowest BCUT2D eigenvalue weighted by molar-refractivity contribution is -0.161. The van der Waals surface area contributed by atoms with Gasteiger partial charge in [-0.1, -0.05) is 142 Å². The summed E-state index contributed by atoms with van der Waals surface area (Å²) in [5, 5.41) is 10.3. The highest BCUT2D eigenvalue weighted by Gasteiger charge is 2.26. The highest BCUT2D eigenvalue weighted by atomic mass is 31.2. The van der Waals surface area contributed by atoms with Gasteiger partial charge in [-0.25, -0.2) is 4.57 Å². The van der Waals surface area contributed by atoms with Crippen LogP contribution < -0.4 is 5.73 Å². The van der Waals surface area contributed by atoms with Gasteiger partial charge in [0.15, 0.2) is 6.10 Å². The Labute approximate surface area is 338 Å². The number of carbonyl (C=O) groups is 2. The molecule has 0 aliphatic carbocycles. The normalized spacial score (nSPS) is 15.0. The maximum Gasteiger partial charge on any atom is 0.472 e. The molecule has 0 bridgehead atoms. The number of unbranched alkanes of at least 4 members (excludes halogenated alkanes) is 5. The molecule has 0 aliphatic heterocycles. The van der Waals surface area contributed by atoms with E-state index in [1.165, 1.54) is 0 Å². The van der Waals surface area contributed by atoms with E-state index in [-0.39, 0.29) is 39.0 Å². The lowest BCUT2D eigenvalue weighted by atomic mass is 10.1. The Morgan fingerprint density at radius 1 is 0.625 bits per heavy atom. The van der Waals surface area contributed by atoms with Crippen molar-refractivity contribution >= 4 is 19.8 Å². The van der Waals surface area contributed by atoms with Crippen molar-refractivity contribution in [2.75, 3.05) is 26.4 Å². The van der Waals surface area contributed by atoms with E-state index in [0.29, 0.717) is 6.42 Å². The number of phosphoric acid groups is 1. The van der Waals surface area contributed by atoms with Crippen LogP contribution in [-0.2, 0) is 32.7 Å². The number of phosphoric ester groups is 1. The molecule has 0 saturated carbocycles. The lowest BCUT2D eigenvalue weighted by Crippen LogP contribution is -2.30. The highest BCUT2D eigenvalue weighted by Crippen LogP contribution is 2.43. The second-order valence-corrected chi connectivity index (χ2v) is 14.4.